The van der Waals surface area contributed by atoms with E-state index in [0.717, 1.165) is 12.0 Å². The molecule has 0 bridgehead atoms. The Morgan fingerprint density at radius 2 is 1.75 bits per heavy atom. The predicted octanol–water partition coefficient (Wildman–Crippen LogP) is 2.49. The molecule has 2 aromatic rings. The van der Waals surface area contributed by atoms with Crippen LogP contribution in [0.1, 0.15) is 30.5 Å². The molecule has 1 aliphatic rings. The van der Waals surface area contributed by atoms with E-state index in [1.165, 1.54) is 21.1 Å². The number of nitrogens with zero attached hydrogens (tertiary/aromatic N) is 1. The Bertz CT molecular complexity index is 1170. The summed E-state index contributed by atoms with van der Waals surface area (Å²) in [6.07, 6.45) is 0.815. The maximum Gasteiger partial charge on any atom is 0.268 e. The van der Waals surface area contributed by atoms with Crippen molar-refractivity contribution in [1.82, 2.24) is 9.62 Å². The highest BCUT2D eigenvalue weighted by Gasteiger charge is 2.43. The summed E-state index contributed by atoms with van der Waals surface area (Å²) in [4.78, 5) is 25.1. The Labute approximate surface area is 187 Å². The fourth-order valence-electron chi connectivity index (χ4n) is 3.49. The molecule has 2 amide bonds. The molecular formula is C23H26N2O6S. The third-order valence-electron chi connectivity index (χ3n) is 5.32. The van der Waals surface area contributed by atoms with Crippen molar-refractivity contribution in [2.75, 3.05) is 20.8 Å². The van der Waals surface area contributed by atoms with Gasteiger partial charge < -0.3 is 14.8 Å². The van der Waals surface area contributed by atoms with E-state index >= 15 is 0 Å². The molecule has 2 aromatic carbocycles. The van der Waals surface area contributed by atoms with E-state index in [2.05, 4.69) is 5.32 Å². The lowest BCUT2D eigenvalue weighted by Gasteiger charge is -2.17. The lowest BCUT2D eigenvalue weighted by molar-refractivity contribution is -0.128. The average molecular weight is 459 g/mol. The summed E-state index contributed by atoms with van der Waals surface area (Å²) < 4.78 is 37.2. The number of benzene rings is 2. The van der Waals surface area contributed by atoms with E-state index in [9.17, 15) is 18.0 Å². The minimum Gasteiger partial charge on any atom is -0.497 e. The number of ether oxygens (including phenoxy) is 2. The van der Waals surface area contributed by atoms with Gasteiger partial charge >= 0.3 is 0 Å². The van der Waals surface area contributed by atoms with Gasteiger partial charge in [-0.15, -0.1) is 0 Å². The number of rotatable bonds is 8. The van der Waals surface area contributed by atoms with E-state index in [1.54, 1.807) is 30.3 Å². The first kappa shape index (κ1) is 23.3. The number of hydrogen-bond acceptors (Lipinski definition) is 6. The Kier molecular flexibility index (Phi) is 6.88. The van der Waals surface area contributed by atoms with Crippen LogP contribution in [0.2, 0.25) is 0 Å². The van der Waals surface area contributed by atoms with Gasteiger partial charge in [-0.3, -0.25) is 9.59 Å². The fraction of sp³-hybridized carbons (Fsp3) is 0.304. The quantitative estimate of drug-likeness (QED) is 0.652. The first-order valence-electron chi connectivity index (χ1n) is 10.1. The molecule has 0 saturated heterocycles. The summed E-state index contributed by atoms with van der Waals surface area (Å²) in [5.41, 5.74) is 2.26. The minimum atomic E-state index is -4.14. The SMILES string of the molecule is CCc1ccc(C2=C(C)C(=O)N(CC(=O)NCc3ccc(OC)cc3OC)S2(=O)=O)cc1. The van der Waals surface area contributed by atoms with Crippen molar-refractivity contribution >= 4 is 26.7 Å². The molecule has 1 aliphatic heterocycles. The van der Waals surface area contributed by atoms with Crippen LogP contribution in [0.3, 0.4) is 0 Å². The fourth-order valence-corrected chi connectivity index (χ4v) is 5.26. The number of amides is 2. The highest BCUT2D eigenvalue weighted by atomic mass is 32.2. The number of aryl methyl sites for hydroxylation is 1. The monoisotopic (exact) mass is 458 g/mol. The zero-order valence-electron chi connectivity index (χ0n) is 18.5. The van der Waals surface area contributed by atoms with Crippen molar-refractivity contribution in [2.24, 2.45) is 0 Å². The largest absolute Gasteiger partial charge is 0.497 e. The van der Waals surface area contributed by atoms with Crippen LogP contribution in [-0.2, 0) is 32.6 Å². The van der Waals surface area contributed by atoms with Crippen LogP contribution in [0.4, 0.5) is 0 Å². The van der Waals surface area contributed by atoms with Gasteiger partial charge in [0.25, 0.3) is 15.9 Å². The van der Waals surface area contributed by atoms with Gasteiger partial charge in [-0.25, -0.2) is 12.7 Å². The van der Waals surface area contributed by atoms with Crippen LogP contribution in [0, 0.1) is 0 Å². The first-order valence-corrected chi connectivity index (χ1v) is 11.5. The van der Waals surface area contributed by atoms with Crippen LogP contribution >= 0.6 is 0 Å². The summed E-state index contributed by atoms with van der Waals surface area (Å²) in [5, 5.41) is 2.64. The molecular weight excluding hydrogens is 432 g/mol. The Hall–Kier alpha value is -3.33. The molecule has 0 radical (unpaired) electrons. The molecule has 32 heavy (non-hydrogen) atoms. The number of carbonyl (C=O) groups excluding carboxylic acids is 2. The molecule has 0 spiro atoms. The molecule has 170 valence electrons. The molecule has 0 aromatic heterocycles. The third kappa shape index (κ3) is 4.47. The number of nitrogens with one attached hydrogen (secondary N) is 1. The maximum absolute atomic E-state index is 13.1. The second-order valence-electron chi connectivity index (χ2n) is 7.28. The number of methoxy groups -OCH3 is 2. The predicted molar refractivity (Wildman–Crippen MR) is 120 cm³/mol. The van der Waals surface area contributed by atoms with Gasteiger partial charge in [0.05, 0.1) is 14.2 Å². The van der Waals surface area contributed by atoms with Gasteiger partial charge in [0.15, 0.2) is 0 Å². The highest BCUT2D eigenvalue weighted by Crippen LogP contribution is 2.35. The summed E-state index contributed by atoms with van der Waals surface area (Å²) in [7, 11) is -1.10. The summed E-state index contributed by atoms with van der Waals surface area (Å²) in [5.74, 6) is -0.177. The first-order chi connectivity index (χ1) is 15.2. The van der Waals surface area contributed by atoms with Crippen molar-refractivity contribution in [3.05, 3.63) is 64.7 Å². The lowest BCUT2D eigenvalue weighted by Crippen LogP contribution is -2.40. The Morgan fingerprint density at radius 3 is 2.34 bits per heavy atom. The Morgan fingerprint density at radius 1 is 1.06 bits per heavy atom. The van der Waals surface area contributed by atoms with Crippen molar-refractivity contribution < 1.29 is 27.5 Å². The van der Waals surface area contributed by atoms with Crippen LogP contribution in [0.25, 0.3) is 4.91 Å². The topological polar surface area (TPSA) is 102 Å². The molecule has 0 atom stereocenters. The molecule has 0 saturated carbocycles. The van der Waals surface area contributed by atoms with E-state index in [4.69, 9.17) is 9.47 Å². The number of sulfonamides is 1. The van der Waals surface area contributed by atoms with E-state index in [1.807, 2.05) is 19.1 Å². The van der Waals surface area contributed by atoms with Crippen LogP contribution in [0.5, 0.6) is 11.5 Å². The second-order valence-corrected chi connectivity index (χ2v) is 9.08. The zero-order chi connectivity index (χ0) is 23.5. The lowest BCUT2D eigenvalue weighted by atomic mass is 10.1. The molecule has 8 nitrogen and oxygen atoms in total. The molecule has 0 aliphatic carbocycles. The van der Waals surface area contributed by atoms with Crippen molar-refractivity contribution in [1.29, 1.82) is 0 Å². The average Bonchev–Trinajstić information content (AvgIpc) is 2.96. The molecule has 1 heterocycles. The van der Waals surface area contributed by atoms with E-state index in [-0.39, 0.29) is 17.0 Å². The second kappa shape index (κ2) is 9.44. The van der Waals surface area contributed by atoms with E-state index < -0.39 is 28.4 Å². The van der Waals surface area contributed by atoms with Crippen molar-refractivity contribution in [2.45, 2.75) is 26.8 Å². The normalized spacial score (nSPS) is 15.1. The highest BCUT2D eigenvalue weighted by molar-refractivity contribution is 7.99. The van der Waals surface area contributed by atoms with Gasteiger partial charge in [0.1, 0.15) is 22.9 Å². The third-order valence-corrected chi connectivity index (χ3v) is 7.25. The zero-order valence-corrected chi connectivity index (χ0v) is 19.3. The van der Waals surface area contributed by atoms with Gasteiger partial charge in [-0.2, -0.15) is 0 Å². The van der Waals surface area contributed by atoms with Crippen molar-refractivity contribution in [3.8, 4) is 11.5 Å². The standard InChI is InChI=1S/C23H26N2O6S/c1-5-16-6-8-17(9-7-16)22-15(2)23(27)25(32(22,28)29)14-21(26)24-13-18-10-11-19(30-3)12-20(18)31-4/h6-12H,5,13-14H2,1-4H3,(H,24,26). The van der Waals surface area contributed by atoms with Gasteiger partial charge in [-0.1, -0.05) is 31.2 Å². The molecule has 3 rings (SSSR count). The van der Waals surface area contributed by atoms with Gasteiger partial charge in [0.2, 0.25) is 5.91 Å². The number of carbonyl (C=O) groups is 2. The Balaban J connectivity index is 1.74. The van der Waals surface area contributed by atoms with E-state index in [0.29, 0.717) is 26.9 Å². The summed E-state index contributed by atoms with van der Waals surface area (Å²) in [6, 6.07) is 12.2. The van der Waals surface area contributed by atoms with Crippen LogP contribution < -0.4 is 14.8 Å². The number of hydrogen-bond donors (Lipinski definition) is 1. The minimum absolute atomic E-state index is 0.0604. The molecule has 1 N–H and O–H groups in total. The molecule has 0 unspecified atom stereocenters. The molecule has 9 heteroatoms. The summed E-state index contributed by atoms with van der Waals surface area (Å²) in [6.45, 7) is 2.96. The summed E-state index contributed by atoms with van der Waals surface area (Å²) >= 11 is 0. The van der Waals surface area contributed by atoms with Gasteiger partial charge in [-0.05, 0) is 36.6 Å². The molecule has 0 fully saturated rings. The maximum atomic E-state index is 13.1. The van der Waals surface area contributed by atoms with Crippen LogP contribution in [-0.4, -0.2) is 45.3 Å². The smallest absolute Gasteiger partial charge is 0.268 e. The van der Waals surface area contributed by atoms with Gasteiger partial charge in [0, 0.05) is 23.7 Å². The van der Waals surface area contributed by atoms with Crippen LogP contribution in [0.15, 0.2) is 48.0 Å². The van der Waals surface area contributed by atoms with Crippen molar-refractivity contribution in [3.63, 3.8) is 0 Å².